The summed E-state index contributed by atoms with van der Waals surface area (Å²) in [7, 11) is -3.65. The van der Waals surface area contributed by atoms with Crippen molar-refractivity contribution in [2.45, 2.75) is 25.7 Å². The Morgan fingerprint density at radius 2 is 1.56 bits per heavy atom. The maximum absolute atomic E-state index is 12.3. The van der Waals surface area contributed by atoms with Gasteiger partial charge in [0.15, 0.2) is 0 Å². The number of rotatable bonds is 6. The molecule has 0 heterocycles. The fraction of sp³-hybridized carbons (Fsp3) is 0.278. The summed E-state index contributed by atoms with van der Waals surface area (Å²) in [5.74, 6) is 0.254. The summed E-state index contributed by atoms with van der Waals surface area (Å²) in [5.41, 5.74) is 1.91. The lowest BCUT2D eigenvalue weighted by molar-refractivity contribution is 0.147. The van der Waals surface area contributed by atoms with Crippen LogP contribution in [0, 0.1) is 12.8 Å². The fourth-order valence-electron chi connectivity index (χ4n) is 1.95. The molecule has 0 aromatic heterocycles. The van der Waals surface area contributed by atoms with E-state index in [1.165, 1.54) is 0 Å². The van der Waals surface area contributed by atoms with Crippen LogP contribution < -0.4 is 10.0 Å². The van der Waals surface area contributed by atoms with Crippen LogP contribution in [-0.4, -0.2) is 21.1 Å². The second-order valence-electron chi connectivity index (χ2n) is 6.11. The number of amides is 1. The van der Waals surface area contributed by atoms with E-state index in [1.54, 1.807) is 48.5 Å². The van der Waals surface area contributed by atoms with E-state index in [9.17, 15) is 13.2 Å². The van der Waals surface area contributed by atoms with Crippen molar-refractivity contribution in [2.75, 3.05) is 16.6 Å². The van der Waals surface area contributed by atoms with E-state index in [0.29, 0.717) is 18.0 Å². The Labute approximate surface area is 148 Å². The number of carbonyl (C=O) groups is 1. The number of sulfonamides is 1. The van der Waals surface area contributed by atoms with Crippen molar-refractivity contribution in [3.63, 3.8) is 0 Å². The molecule has 25 heavy (non-hydrogen) atoms. The SMILES string of the molecule is Cc1ccc(S(=O)(=O)Nc2ccc(NC(=O)OCC(C)C)cc2)cc1. The molecule has 0 fully saturated rings. The summed E-state index contributed by atoms with van der Waals surface area (Å²) >= 11 is 0. The molecule has 0 unspecified atom stereocenters. The molecule has 0 aliphatic rings. The number of hydrogen-bond acceptors (Lipinski definition) is 4. The Bertz CT molecular complexity index is 813. The van der Waals surface area contributed by atoms with E-state index >= 15 is 0 Å². The quantitative estimate of drug-likeness (QED) is 0.813. The van der Waals surface area contributed by atoms with Gasteiger partial charge in [0, 0.05) is 11.4 Å². The largest absolute Gasteiger partial charge is 0.449 e. The van der Waals surface area contributed by atoms with E-state index in [0.717, 1.165) is 5.56 Å². The highest BCUT2D eigenvalue weighted by molar-refractivity contribution is 7.92. The lowest BCUT2D eigenvalue weighted by Crippen LogP contribution is -2.16. The molecule has 0 radical (unpaired) electrons. The van der Waals surface area contributed by atoms with Crippen LogP contribution in [-0.2, 0) is 14.8 Å². The summed E-state index contributed by atoms with van der Waals surface area (Å²) in [4.78, 5) is 11.8. The summed E-state index contributed by atoms with van der Waals surface area (Å²) in [6, 6.07) is 12.9. The first-order valence-electron chi connectivity index (χ1n) is 7.89. The summed E-state index contributed by atoms with van der Waals surface area (Å²) in [6.07, 6.45) is -0.540. The van der Waals surface area contributed by atoms with Crippen LogP contribution >= 0.6 is 0 Å². The van der Waals surface area contributed by atoms with Gasteiger partial charge in [-0.3, -0.25) is 10.0 Å². The molecule has 0 spiro atoms. The first-order chi connectivity index (χ1) is 11.8. The molecule has 2 aromatic rings. The number of nitrogens with one attached hydrogen (secondary N) is 2. The van der Waals surface area contributed by atoms with Gasteiger partial charge in [-0.05, 0) is 49.2 Å². The maximum atomic E-state index is 12.3. The number of aryl methyl sites for hydroxylation is 1. The van der Waals surface area contributed by atoms with Crippen molar-refractivity contribution in [3.05, 3.63) is 54.1 Å². The third kappa shape index (κ3) is 5.79. The van der Waals surface area contributed by atoms with Crippen LogP contribution in [0.1, 0.15) is 19.4 Å². The van der Waals surface area contributed by atoms with Gasteiger partial charge in [0.05, 0.1) is 11.5 Å². The molecule has 2 N–H and O–H groups in total. The van der Waals surface area contributed by atoms with E-state index in [1.807, 2.05) is 20.8 Å². The molecular weight excluding hydrogens is 340 g/mol. The van der Waals surface area contributed by atoms with Crippen molar-refractivity contribution < 1.29 is 17.9 Å². The second-order valence-corrected chi connectivity index (χ2v) is 7.80. The zero-order valence-electron chi connectivity index (χ0n) is 14.4. The Balaban J connectivity index is 2.00. The van der Waals surface area contributed by atoms with Crippen LogP contribution in [0.25, 0.3) is 0 Å². The molecule has 2 aromatic carbocycles. The van der Waals surface area contributed by atoms with E-state index < -0.39 is 16.1 Å². The zero-order valence-corrected chi connectivity index (χ0v) is 15.3. The van der Waals surface area contributed by atoms with Gasteiger partial charge in [-0.2, -0.15) is 0 Å². The van der Waals surface area contributed by atoms with Crippen LogP contribution in [0.5, 0.6) is 0 Å². The fourth-order valence-corrected chi connectivity index (χ4v) is 3.01. The smallest absolute Gasteiger partial charge is 0.411 e. The Morgan fingerprint density at radius 3 is 2.12 bits per heavy atom. The van der Waals surface area contributed by atoms with E-state index in [4.69, 9.17) is 4.74 Å². The highest BCUT2D eigenvalue weighted by atomic mass is 32.2. The number of ether oxygens (including phenoxy) is 1. The molecule has 0 aliphatic heterocycles. The summed E-state index contributed by atoms with van der Waals surface area (Å²) in [5, 5.41) is 2.59. The van der Waals surface area contributed by atoms with Crippen molar-refractivity contribution >= 4 is 27.5 Å². The molecule has 1 amide bonds. The van der Waals surface area contributed by atoms with Gasteiger partial charge in [-0.1, -0.05) is 31.5 Å². The summed E-state index contributed by atoms with van der Waals surface area (Å²) in [6.45, 7) is 6.12. The average molecular weight is 362 g/mol. The number of benzene rings is 2. The standard InChI is InChI=1S/C18H22N2O4S/c1-13(2)12-24-18(21)19-15-6-8-16(9-7-15)20-25(22,23)17-10-4-14(3)5-11-17/h4-11,13,20H,12H2,1-3H3,(H,19,21). The molecule has 6 nitrogen and oxygen atoms in total. The van der Waals surface area contributed by atoms with Gasteiger partial charge in [-0.15, -0.1) is 0 Å². The third-order valence-corrected chi connectivity index (χ3v) is 4.66. The first-order valence-corrected chi connectivity index (χ1v) is 9.38. The number of carbonyl (C=O) groups excluding carboxylic acids is 1. The Kier molecular flexibility index (Phi) is 6.03. The van der Waals surface area contributed by atoms with Crippen LogP contribution in [0.15, 0.2) is 53.4 Å². The van der Waals surface area contributed by atoms with E-state index in [-0.39, 0.29) is 10.8 Å². The highest BCUT2D eigenvalue weighted by Gasteiger charge is 2.14. The molecular formula is C18H22N2O4S. The topological polar surface area (TPSA) is 84.5 Å². The molecule has 0 aliphatic carbocycles. The molecule has 2 rings (SSSR count). The predicted molar refractivity (Wildman–Crippen MR) is 98.2 cm³/mol. The third-order valence-electron chi connectivity index (χ3n) is 3.26. The lowest BCUT2D eigenvalue weighted by Gasteiger charge is -2.11. The van der Waals surface area contributed by atoms with Gasteiger partial charge in [-0.25, -0.2) is 13.2 Å². The molecule has 0 bridgehead atoms. The van der Waals surface area contributed by atoms with Gasteiger partial charge >= 0.3 is 6.09 Å². The molecule has 0 saturated carbocycles. The molecule has 0 atom stereocenters. The Morgan fingerprint density at radius 1 is 1.00 bits per heavy atom. The van der Waals surface area contributed by atoms with Crippen molar-refractivity contribution in [1.29, 1.82) is 0 Å². The zero-order chi connectivity index (χ0) is 18.4. The summed E-state index contributed by atoms with van der Waals surface area (Å²) < 4.78 is 32.2. The van der Waals surface area contributed by atoms with Crippen LogP contribution in [0.3, 0.4) is 0 Å². The van der Waals surface area contributed by atoms with Gasteiger partial charge in [0.2, 0.25) is 0 Å². The van der Waals surface area contributed by atoms with Gasteiger partial charge in [0.25, 0.3) is 10.0 Å². The van der Waals surface area contributed by atoms with Crippen molar-refractivity contribution in [1.82, 2.24) is 0 Å². The van der Waals surface area contributed by atoms with Crippen LogP contribution in [0.4, 0.5) is 16.2 Å². The number of hydrogen-bond donors (Lipinski definition) is 2. The molecule has 0 saturated heterocycles. The predicted octanol–water partition coefficient (Wildman–Crippen LogP) is 4.00. The number of anilines is 2. The van der Waals surface area contributed by atoms with Gasteiger partial charge < -0.3 is 4.74 Å². The first kappa shape index (κ1) is 18.8. The minimum atomic E-state index is -3.65. The van der Waals surface area contributed by atoms with E-state index in [2.05, 4.69) is 10.0 Å². The Hall–Kier alpha value is -2.54. The highest BCUT2D eigenvalue weighted by Crippen LogP contribution is 2.19. The monoisotopic (exact) mass is 362 g/mol. The second kappa shape index (κ2) is 8.02. The maximum Gasteiger partial charge on any atom is 0.411 e. The lowest BCUT2D eigenvalue weighted by atomic mass is 10.2. The van der Waals surface area contributed by atoms with Gasteiger partial charge in [0.1, 0.15) is 0 Å². The normalized spacial score (nSPS) is 11.2. The minimum absolute atomic E-state index is 0.192. The molecule has 7 heteroatoms. The average Bonchev–Trinajstić information content (AvgIpc) is 2.55. The van der Waals surface area contributed by atoms with Crippen molar-refractivity contribution in [3.8, 4) is 0 Å². The minimum Gasteiger partial charge on any atom is -0.449 e. The van der Waals surface area contributed by atoms with Crippen LogP contribution in [0.2, 0.25) is 0 Å². The van der Waals surface area contributed by atoms with Crippen molar-refractivity contribution in [2.24, 2.45) is 5.92 Å². The molecule has 134 valence electrons.